The summed E-state index contributed by atoms with van der Waals surface area (Å²) < 4.78 is 26.5. The molecule has 0 amide bonds. The van der Waals surface area contributed by atoms with Crippen molar-refractivity contribution in [2.75, 3.05) is 13.1 Å². The van der Waals surface area contributed by atoms with Crippen LogP contribution in [-0.2, 0) is 45.4 Å². The van der Waals surface area contributed by atoms with Crippen molar-refractivity contribution in [1.29, 1.82) is 0 Å². The minimum absolute atomic E-state index is 0.190. The topological polar surface area (TPSA) is 60.4 Å². The molecule has 0 aromatic heterocycles. The summed E-state index contributed by atoms with van der Waals surface area (Å²) in [5.74, 6) is 0. The van der Waals surface area contributed by atoms with Crippen LogP contribution in [0.25, 0.3) is 0 Å². The second-order valence-corrected chi connectivity index (χ2v) is 11.1. The number of piperidine rings is 1. The monoisotopic (exact) mass is 565 g/mol. The van der Waals surface area contributed by atoms with Gasteiger partial charge in [0.15, 0.2) is 0 Å². The van der Waals surface area contributed by atoms with E-state index in [0.717, 1.165) is 22.3 Å². The molecule has 6 nitrogen and oxygen atoms in total. The third-order valence-electron chi connectivity index (χ3n) is 8.16. The van der Waals surface area contributed by atoms with Gasteiger partial charge in [-0.2, -0.15) is 0 Å². The smallest absolute Gasteiger partial charge is 0.113 e. The van der Waals surface area contributed by atoms with Crippen LogP contribution < -0.4 is 0 Å². The average molecular weight is 566 g/mol. The molecule has 6 heteroatoms. The lowest BCUT2D eigenvalue weighted by Crippen LogP contribution is -2.63. The second-order valence-electron chi connectivity index (χ2n) is 11.1. The van der Waals surface area contributed by atoms with Crippen molar-refractivity contribution in [3.05, 3.63) is 144 Å². The van der Waals surface area contributed by atoms with Crippen LogP contribution in [0.4, 0.5) is 0 Å². The van der Waals surface area contributed by atoms with Gasteiger partial charge < -0.3 is 24.1 Å². The molecular weight excluding hydrogens is 526 g/mol. The molecule has 2 aliphatic rings. The zero-order chi connectivity index (χ0) is 28.6. The predicted molar refractivity (Wildman–Crippen MR) is 161 cm³/mol. The molecule has 1 N–H and O–H groups in total. The zero-order valence-electron chi connectivity index (χ0n) is 23.8. The van der Waals surface area contributed by atoms with E-state index >= 15 is 0 Å². The Hall–Kier alpha value is -3.36. The Bertz CT molecular complexity index is 1340. The van der Waals surface area contributed by atoms with Crippen LogP contribution in [0.3, 0.4) is 0 Å². The third-order valence-corrected chi connectivity index (χ3v) is 8.16. The van der Waals surface area contributed by atoms with Crippen molar-refractivity contribution in [3.63, 3.8) is 0 Å². The normalized spacial score (nSPS) is 25.7. The van der Waals surface area contributed by atoms with Gasteiger partial charge in [0.2, 0.25) is 0 Å². The maximum Gasteiger partial charge on any atom is 0.113 e. The highest BCUT2D eigenvalue weighted by molar-refractivity contribution is 5.17. The number of nitrogens with zero attached hydrogens (tertiary/aromatic N) is 1. The van der Waals surface area contributed by atoms with Gasteiger partial charge in [0.1, 0.15) is 18.3 Å². The summed E-state index contributed by atoms with van der Waals surface area (Å²) in [6.45, 7) is 2.86. The fraction of sp³-hybridized carbons (Fsp3) is 0.333. The summed E-state index contributed by atoms with van der Waals surface area (Å²) in [6.07, 6.45) is -2.09. The van der Waals surface area contributed by atoms with Gasteiger partial charge in [-0.05, 0) is 22.3 Å². The molecule has 0 unspecified atom stereocenters. The van der Waals surface area contributed by atoms with Crippen molar-refractivity contribution in [2.24, 2.45) is 0 Å². The first-order valence-electron chi connectivity index (χ1n) is 14.8. The van der Waals surface area contributed by atoms with E-state index in [2.05, 4.69) is 41.3 Å². The molecule has 4 aromatic rings. The van der Waals surface area contributed by atoms with Crippen molar-refractivity contribution in [3.8, 4) is 0 Å². The van der Waals surface area contributed by atoms with Gasteiger partial charge in [0, 0.05) is 13.1 Å². The molecule has 2 fully saturated rings. The lowest BCUT2D eigenvalue weighted by Gasteiger charge is -2.47. The molecule has 0 radical (unpaired) electrons. The highest BCUT2D eigenvalue weighted by atomic mass is 16.6. The quantitative estimate of drug-likeness (QED) is 0.249. The van der Waals surface area contributed by atoms with Gasteiger partial charge in [-0.3, -0.25) is 4.90 Å². The first-order valence-corrected chi connectivity index (χ1v) is 14.8. The number of rotatable bonds is 12. The molecule has 2 heterocycles. The van der Waals surface area contributed by atoms with Crippen molar-refractivity contribution in [1.82, 2.24) is 4.90 Å². The first-order chi connectivity index (χ1) is 20.7. The summed E-state index contributed by atoms with van der Waals surface area (Å²) in [7, 11) is 0. The van der Waals surface area contributed by atoms with Gasteiger partial charge in [-0.1, -0.05) is 121 Å². The lowest BCUT2D eigenvalue weighted by molar-refractivity contribution is -0.210. The Kier molecular flexibility index (Phi) is 9.72. The molecule has 4 aromatic carbocycles. The largest absolute Gasteiger partial charge is 0.389 e. The van der Waals surface area contributed by atoms with Crippen molar-refractivity contribution < 1.29 is 24.1 Å². The summed E-state index contributed by atoms with van der Waals surface area (Å²) in [6, 6.07) is 40.5. The molecule has 0 aliphatic carbocycles. The van der Waals surface area contributed by atoms with Crippen molar-refractivity contribution in [2.45, 2.75) is 63.0 Å². The Balaban J connectivity index is 1.28. The minimum Gasteiger partial charge on any atom is -0.389 e. The third kappa shape index (κ3) is 7.16. The standard InChI is InChI=1S/C36H39NO5/c38-31-21-37-22-32(39-23-27-13-5-1-6-14-27)35(41-25-29-17-9-3-10-18-29)36(42-26-30-19-11-4-12-20-30)33(37)34(31)40-24-28-15-7-2-8-16-28/h1-20,31-36,38H,21-26H2/t31-,32+,33-,34+,35-,36-/m1/s1. The summed E-state index contributed by atoms with van der Waals surface area (Å²) in [4.78, 5) is 2.27. The minimum atomic E-state index is -0.649. The van der Waals surface area contributed by atoms with Crippen LogP contribution in [0.1, 0.15) is 22.3 Å². The molecule has 42 heavy (non-hydrogen) atoms. The summed E-state index contributed by atoms with van der Waals surface area (Å²) in [5.41, 5.74) is 4.35. The molecular formula is C36H39NO5. The number of fused-ring (bicyclic) bond motifs is 1. The predicted octanol–water partition coefficient (Wildman–Crippen LogP) is 5.39. The van der Waals surface area contributed by atoms with Crippen LogP contribution in [-0.4, -0.2) is 59.7 Å². The van der Waals surface area contributed by atoms with E-state index in [1.165, 1.54) is 0 Å². The summed E-state index contributed by atoms with van der Waals surface area (Å²) >= 11 is 0. The number of aliphatic hydroxyl groups excluding tert-OH is 1. The van der Waals surface area contributed by atoms with E-state index in [1.54, 1.807) is 0 Å². The Labute approximate surface area is 248 Å². The van der Waals surface area contributed by atoms with E-state index in [9.17, 15) is 5.11 Å². The van der Waals surface area contributed by atoms with E-state index < -0.39 is 12.2 Å². The first kappa shape index (κ1) is 28.7. The van der Waals surface area contributed by atoms with Gasteiger partial charge in [0.05, 0.1) is 44.7 Å². The van der Waals surface area contributed by atoms with Crippen LogP contribution in [0.2, 0.25) is 0 Å². The van der Waals surface area contributed by atoms with E-state index in [-0.39, 0.29) is 24.4 Å². The molecule has 2 saturated heterocycles. The van der Waals surface area contributed by atoms with Gasteiger partial charge in [-0.25, -0.2) is 0 Å². The fourth-order valence-corrected chi connectivity index (χ4v) is 6.06. The number of ether oxygens (including phenoxy) is 4. The number of hydrogen-bond acceptors (Lipinski definition) is 6. The zero-order valence-corrected chi connectivity index (χ0v) is 23.8. The van der Waals surface area contributed by atoms with Crippen molar-refractivity contribution >= 4 is 0 Å². The van der Waals surface area contributed by atoms with Crippen LogP contribution in [0.5, 0.6) is 0 Å². The average Bonchev–Trinajstić information content (AvgIpc) is 3.36. The highest BCUT2D eigenvalue weighted by Crippen LogP contribution is 2.36. The molecule has 2 aliphatic heterocycles. The second kappa shape index (κ2) is 14.2. The maximum atomic E-state index is 11.3. The highest BCUT2D eigenvalue weighted by Gasteiger charge is 2.55. The molecule has 6 atom stereocenters. The lowest BCUT2D eigenvalue weighted by atomic mass is 9.91. The van der Waals surface area contributed by atoms with E-state index in [4.69, 9.17) is 18.9 Å². The molecule has 0 spiro atoms. The maximum absolute atomic E-state index is 11.3. The van der Waals surface area contributed by atoms with Crippen LogP contribution in [0.15, 0.2) is 121 Å². The summed E-state index contributed by atoms with van der Waals surface area (Å²) in [5, 5.41) is 11.3. The van der Waals surface area contributed by atoms with Gasteiger partial charge >= 0.3 is 0 Å². The van der Waals surface area contributed by atoms with Crippen LogP contribution >= 0.6 is 0 Å². The van der Waals surface area contributed by atoms with Crippen LogP contribution in [0, 0.1) is 0 Å². The van der Waals surface area contributed by atoms with E-state index in [0.29, 0.717) is 39.5 Å². The van der Waals surface area contributed by atoms with Gasteiger partial charge in [-0.15, -0.1) is 0 Å². The SMILES string of the molecule is O[C@@H]1CN2C[C@H](OCc3ccccc3)[C@@H](OCc3ccccc3)[C@H](OCc3ccccc3)[C@H]2[C@H]1OCc1ccccc1. The number of aliphatic hydroxyl groups is 1. The van der Waals surface area contributed by atoms with E-state index in [1.807, 2.05) is 84.9 Å². The number of benzene rings is 4. The fourth-order valence-electron chi connectivity index (χ4n) is 6.06. The molecule has 6 rings (SSSR count). The molecule has 0 bridgehead atoms. The number of hydrogen-bond donors (Lipinski definition) is 1. The van der Waals surface area contributed by atoms with Gasteiger partial charge in [0.25, 0.3) is 0 Å². The molecule has 0 saturated carbocycles. The Morgan fingerprint density at radius 1 is 0.476 bits per heavy atom. The molecule has 218 valence electrons. The Morgan fingerprint density at radius 2 is 0.857 bits per heavy atom. The Morgan fingerprint density at radius 3 is 1.31 bits per heavy atom.